The van der Waals surface area contributed by atoms with Gasteiger partial charge in [0.15, 0.2) is 5.76 Å². The van der Waals surface area contributed by atoms with Crippen molar-refractivity contribution >= 4 is 46.1 Å². The molecule has 0 aliphatic carbocycles. The number of nitro groups is 1. The third-order valence-electron chi connectivity index (χ3n) is 4.63. The Bertz CT molecular complexity index is 1140. The lowest BCUT2D eigenvalue weighted by atomic mass is 10.1. The fraction of sp³-hybridized carbons (Fsp3) is 0.200. The van der Waals surface area contributed by atoms with Gasteiger partial charge in [0.2, 0.25) is 0 Å². The van der Waals surface area contributed by atoms with Gasteiger partial charge in [0.1, 0.15) is 11.3 Å². The summed E-state index contributed by atoms with van der Waals surface area (Å²) >= 11 is 5.93. The molecule has 0 saturated carbocycles. The molecule has 4 rings (SSSR count). The van der Waals surface area contributed by atoms with E-state index < -0.39 is 10.8 Å². The van der Waals surface area contributed by atoms with Crippen molar-refractivity contribution < 1.29 is 18.9 Å². The van der Waals surface area contributed by atoms with Crippen LogP contribution in [0.1, 0.15) is 16.1 Å². The number of morpholine rings is 1. The van der Waals surface area contributed by atoms with E-state index in [2.05, 4.69) is 10.5 Å². The molecule has 0 unspecified atom stereocenters. The predicted molar refractivity (Wildman–Crippen MR) is 112 cm³/mol. The molecule has 154 valence electrons. The maximum absolute atomic E-state index is 12.2. The molecule has 0 radical (unpaired) electrons. The maximum atomic E-state index is 12.2. The number of nitrogens with one attached hydrogen (secondary N) is 1. The minimum atomic E-state index is -0.544. The molecule has 1 aromatic heterocycles. The molecule has 0 bridgehead atoms. The van der Waals surface area contributed by atoms with E-state index in [0.29, 0.717) is 53.5 Å². The van der Waals surface area contributed by atoms with Crippen LogP contribution in [0.15, 0.2) is 52.0 Å². The lowest BCUT2D eigenvalue weighted by Crippen LogP contribution is -2.36. The number of hydrogen-bond donors (Lipinski definition) is 1. The molecule has 1 aliphatic rings. The van der Waals surface area contributed by atoms with Gasteiger partial charge in [-0.15, -0.1) is 0 Å². The predicted octanol–water partition coefficient (Wildman–Crippen LogP) is 3.59. The summed E-state index contributed by atoms with van der Waals surface area (Å²) in [5.41, 5.74) is 3.88. The number of anilines is 1. The normalized spacial score (nSPS) is 14.4. The van der Waals surface area contributed by atoms with Crippen LogP contribution >= 0.6 is 11.6 Å². The van der Waals surface area contributed by atoms with Crippen LogP contribution in [0.5, 0.6) is 0 Å². The number of furan rings is 1. The number of hydrogen-bond acceptors (Lipinski definition) is 7. The quantitative estimate of drug-likeness (QED) is 0.377. The van der Waals surface area contributed by atoms with Crippen LogP contribution in [-0.4, -0.2) is 43.3 Å². The topological polar surface area (TPSA) is 110 Å². The lowest BCUT2D eigenvalue weighted by molar-refractivity contribution is -0.384. The van der Waals surface area contributed by atoms with Crippen molar-refractivity contribution in [2.24, 2.45) is 5.10 Å². The van der Waals surface area contributed by atoms with Gasteiger partial charge in [-0.05, 0) is 30.3 Å². The van der Waals surface area contributed by atoms with Crippen molar-refractivity contribution in [3.8, 4) is 0 Å². The fourth-order valence-corrected chi connectivity index (χ4v) is 3.37. The number of ether oxygens (including phenoxy) is 1. The Morgan fingerprint density at radius 2 is 2.00 bits per heavy atom. The first kappa shape index (κ1) is 19.9. The summed E-state index contributed by atoms with van der Waals surface area (Å²) in [5.74, 6) is -0.462. The molecule has 1 fully saturated rings. The number of fused-ring (bicyclic) bond motifs is 1. The molecule has 9 nitrogen and oxygen atoms in total. The molecule has 3 aromatic rings. The van der Waals surface area contributed by atoms with Crippen molar-refractivity contribution in [1.82, 2.24) is 5.43 Å². The summed E-state index contributed by atoms with van der Waals surface area (Å²) < 4.78 is 10.8. The Labute approximate surface area is 176 Å². The lowest BCUT2D eigenvalue weighted by Gasteiger charge is -2.28. The van der Waals surface area contributed by atoms with Gasteiger partial charge in [-0.1, -0.05) is 17.7 Å². The first-order valence-electron chi connectivity index (χ1n) is 9.15. The standard InChI is InChI=1S/C20H17ClN4O5/c21-15-2-4-18-14(10-15)11-19(30-18)20(26)23-22-12-13-1-3-16(17(9-13)25(27)28)24-5-7-29-8-6-24/h1-4,9-12H,5-8H2,(H,23,26)/b22-12+. The summed E-state index contributed by atoms with van der Waals surface area (Å²) in [6.45, 7) is 2.24. The van der Waals surface area contributed by atoms with Crippen molar-refractivity contribution in [3.05, 3.63) is 68.9 Å². The van der Waals surface area contributed by atoms with Crippen LogP contribution in [0.25, 0.3) is 11.0 Å². The van der Waals surface area contributed by atoms with E-state index in [1.165, 1.54) is 12.3 Å². The average Bonchev–Trinajstić information content (AvgIpc) is 3.17. The monoisotopic (exact) mass is 428 g/mol. The van der Waals surface area contributed by atoms with Gasteiger partial charge in [-0.3, -0.25) is 14.9 Å². The Balaban J connectivity index is 1.48. The molecular weight excluding hydrogens is 412 g/mol. The van der Waals surface area contributed by atoms with Crippen molar-refractivity contribution in [2.75, 3.05) is 31.2 Å². The van der Waals surface area contributed by atoms with Crippen molar-refractivity contribution in [3.63, 3.8) is 0 Å². The second-order valence-electron chi connectivity index (χ2n) is 6.60. The van der Waals surface area contributed by atoms with Gasteiger partial charge >= 0.3 is 5.91 Å². The highest BCUT2D eigenvalue weighted by atomic mass is 35.5. The van der Waals surface area contributed by atoms with Gasteiger partial charge in [0.25, 0.3) is 5.69 Å². The number of halogens is 1. The first-order valence-corrected chi connectivity index (χ1v) is 9.53. The van der Waals surface area contributed by atoms with E-state index in [1.807, 2.05) is 4.90 Å². The van der Waals surface area contributed by atoms with E-state index >= 15 is 0 Å². The summed E-state index contributed by atoms with van der Waals surface area (Å²) in [5, 5.41) is 16.6. The van der Waals surface area contributed by atoms with Crippen LogP contribution in [0, 0.1) is 10.1 Å². The van der Waals surface area contributed by atoms with Gasteiger partial charge in [0.05, 0.1) is 24.4 Å². The second kappa shape index (κ2) is 8.52. The molecule has 30 heavy (non-hydrogen) atoms. The first-order chi connectivity index (χ1) is 14.5. The van der Waals surface area contributed by atoms with Gasteiger partial charge in [0, 0.05) is 35.1 Å². The summed E-state index contributed by atoms with van der Waals surface area (Å²) in [4.78, 5) is 25.2. The van der Waals surface area contributed by atoms with Crippen LogP contribution in [0.4, 0.5) is 11.4 Å². The zero-order valence-corrected chi connectivity index (χ0v) is 16.5. The number of rotatable bonds is 5. The molecule has 1 aliphatic heterocycles. The van der Waals surface area contributed by atoms with Gasteiger partial charge in [-0.2, -0.15) is 5.10 Å². The van der Waals surface area contributed by atoms with E-state index in [1.54, 1.807) is 36.4 Å². The SMILES string of the molecule is O=C(N/N=C/c1ccc(N2CCOCC2)c([N+](=O)[O-])c1)c1cc2cc(Cl)ccc2o1. The largest absolute Gasteiger partial charge is 0.451 e. The molecule has 2 heterocycles. The van der Waals surface area contributed by atoms with Crippen molar-refractivity contribution in [1.29, 1.82) is 0 Å². The Morgan fingerprint density at radius 3 is 2.77 bits per heavy atom. The molecule has 1 amide bonds. The molecule has 1 N–H and O–H groups in total. The Hall–Kier alpha value is -3.43. The smallest absolute Gasteiger partial charge is 0.307 e. The zero-order valence-electron chi connectivity index (χ0n) is 15.7. The summed E-state index contributed by atoms with van der Waals surface area (Å²) in [6, 6.07) is 11.4. The fourth-order valence-electron chi connectivity index (χ4n) is 3.19. The third-order valence-corrected chi connectivity index (χ3v) is 4.86. The highest BCUT2D eigenvalue weighted by Gasteiger charge is 2.21. The number of nitro benzene ring substituents is 1. The molecule has 0 spiro atoms. The van der Waals surface area contributed by atoms with Crippen LogP contribution in [0.3, 0.4) is 0 Å². The average molecular weight is 429 g/mol. The van der Waals surface area contributed by atoms with Crippen molar-refractivity contribution in [2.45, 2.75) is 0 Å². The molecule has 10 heteroatoms. The second-order valence-corrected chi connectivity index (χ2v) is 7.03. The van der Waals surface area contributed by atoms with E-state index in [9.17, 15) is 14.9 Å². The summed E-state index contributed by atoms with van der Waals surface area (Å²) in [6.07, 6.45) is 1.34. The van der Waals surface area contributed by atoms with Gasteiger partial charge in [-0.25, -0.2) is 5.43 Å². The third kappa shape index (κ3) is 4.27. The number of carbonyl (C=O) groups is 1. The van der Waals surface area contributed by atoms with E-state index in [-0.39, 0.29) is 11.4 Å². The number of hydrazone groups is 1. The zero-order chi connectivity index (χ0) is 21.1. The molecular formula is C20H17ClN4O5. The van der Waals surface area contributed by atoms with Crippen LogP contribution in [0.2, 0.25) is 5.02 Å². The Morgan fingerprint density at radius 1 is 1.20 bits per heavy atom. The molecule has 0 atom stereocenters. The summed E-state index contributed by atoms with van der Waals surface area (Å²) in [7, 11) is 0. The number of amides is 1. The molecule has 1 saturated heterocycles. The maximum Gasteiger partial charge on any atom is 0.307 e. The highest BCUT2D eigenvalue weighted by Crippen LogP contribution is 2.29. The highest BCUT2D eigenvalue weighted by molar-refractivity contribution is 6.31. The van der Waals surface area contributed by atoms with Crippen LogP contribution < -0.4 is 10.3 Å². The van der Waals surface area contributed by atoms with E-state index in [0.717, 1.165) is 0 Å². The number of nitrogens with zero attached hydrogens (tertiary/aromatic N) is 3. The number of carbonyl (C=O) groups excluding carboxylic acids is 1. The minimum absolute atomic E-state index is 0.0265. The molecule has 2 aromatic carbocycles. The van der Waals surface area contributed by atoms with Gasteiger partial charge < -0.3 is 14.1 Å². The minimum Gasteiger partial charge on any atom is -0.451 e. The van der Waals surface area contributed by atoms with E-state index in [4.69, 9.17) is 20.8 Å². The number of benzene rings is 2. The van der Waals surface area contributed by atoms with Crippen LogP contribution in [-0.2, 0) is 4.74 Å². The Kier molecular flexibility index (Phi) is 5.64.